The lowest BCUT2D eigenvalue weighted by Gasteiger charge is -2.48. The quantitative estimate of drug-likeness (QED) is 0.173. The van der Waals surface area contributed by atoms with Crippen LogP contribution in [0.3, 0.4) is 0 Å². The van der Waals surface area contributed by atoms with Gasteiger partial charge in [-0.3, -0.25) is 0 Å². The maximum Gasteiger partial charge on any atom is 0.227 e. The minimum Gasteiger partial charge on any atom is -0.435 e. The first-order chi connectivity index (χ1) is 25.8. The van der Waals surface area contributed by atoms with E-state index in [4.69, 9.17) is 24.4 Å². The van der Waals surface area contributed by atoms with E-state index in [1.165, 1.54) is 22.3 Å². The molecule has 0 N–H and O–H groups in total. The molecular weight excluding hydrogens is 649 g/mol. The largest absolute Gasteiger partial charge is 0.435 e. The minimum absolute atomic E-state index is 0.0421. The minimum atomic E-state index is -0.0840. The Morgan fingerprint density at radius 3 is 1.72 bits per heavy atom. The van der Waals surface area contributed by atoms with Crippen LogP contribution in [0.1, 0.15) is 38.8 Å². The predicted molar refractivity (Wildman–Crippen MR) is 216 cm³/mol. The Morgan fingerprint density at radius 2 is 0.981 bits per heavy atom. The molecule has 2 aromatic heterocycles. The van der Waals surface area contributed by atoms with Crippen LogP contribution < -0.4 is 0 Å². The first-order valence-corrected chi connectivity index (χ1v) is 18.1. The normalized spacial score (nSPS) is 14.3. The highest BCUT2D eigenvalue weighted by Gasteiger charge is 2.45. The number of oxazole rings is 1. The van der Waals surface area contributed by atoms with Gasteiger partial charge in [-0.05, 0) is 79.6 Å². The molecule has 1 aliphatic rings. The molecule has 254 valence electrons. The highest BCUT2D eigenvalue weighted by Crippen LogP contribution is 2.54. The van der Waals surface area contributed by atoms with Gasteiger partial charge in [-0.1, -0.05) is 143 Å². The predicted octanol–water partition coefficient (Wildman–Crippen LogP) is 12.2. The first-order valence-electron chi connectivity index (χ1n) is 18.1. The van der Waals surface area contributed by atoms with Gasteiger partial charge < -0.3 is 4.42 Å². The zero-order valence-corrected chi connectivity index (χ0v) is 30.1. The van der Waals surface area contributed by atoms with Crippen molar-refractivity contribution in [2.24, 2.45) is 0 Å². The summed E-state index contributed by atoms with van der Waals surface area (Å²) in [5, 5.41) is 4.26. The first kappa shape index (κ1) is 31.3. The number of fused-ring (bicyclic) bond motifs is 8. The Balaban J connectivity index is 1.17. The lowest BCUT2D eigenvalue weighted by molar-refractivity contribution is 0.299. The summed E-state index contributed by atoms with van der Waals surface area (Å²) < 4.78 is 6.52. The molecule has 53 heavy (non-hydrogen) atoms. The molecule has 0 saturated heterocycles. The van der Waals surface area contributed by atoms with Gasteiger partial charge in [-0.15, -0.1) is 0 Å². The second kappa shape index (κ2) is 11.5. The third-order valence-corrected chi connectivity index (χ3v) is 11.7. The molecule has 0 fully saturated rings. The van der Waals surface area contributed by atoms with Gasteiger partial charge in [0, 0.05) is 27.6 Å². The molecular formula is C48H36N4O. The molecule has 5 heteroatoms. The zero-order chi connectivity index (χ0) is 35.9. The molecule has 0 saturated carbocycles. The van der Waals surface area contributed by atoms with E-state index in [-0.39, 0.29) is 10.8 Å². The number of hydrogen-bond acceptors (Lipinski definition) is 5. The number of rotatable bonds is 4. The molecule has 10 rings (SSSR count). The maximum absolute atomic E-state index is 6.52. The van der Waals surface area contributed by atoms with E-state index in [2.05, 4.69) is 119 Å². The van der Waals surface area contributed by atoms with Crippen LogP contribution in [-0.2, 0) is 10.8 Å². The molecule has 0 spiro atoms. The van der Waals surface area contributed by atoms with Crippen molar-refractivity contribution in [1.29, 1.82) is 0 Å². The van der Waals surface area contributed by atoms with E-state index in [1.807, 2.05) is 54.6 Å². The van der Waals surface area contributed by atoms with Crippen molar-refractivity contribution in [3.8, 4) is 56.7 Å². The average molecular weight is 685 g/mol. The molecule has 0 unspecified atom stereocenters. The van der Waals surface area contributed by atoms with E-state index < -0.39 is 0 Å². The van der Waals surface area contributed by atoms with Crippen molar-refractivity contribution >= 4 is 32.6 Å². The molecule has 0 atom stereocenters. The van der Waals surface area contributed by atoms with Crippen molar-refractivity contribution in [3.05, 3.63) is 157 Å². The van der Waals surface area contributed by atoms with E-state index in [1.54, 1.807) is 0 Å². The molecule has 1 aliphatic carbocycles. The molecule has 0 radical (unpaired) electrons. The summed E-state index contributed by atoms with van der Waals surface area (Å²) in [6, 6.07) is 50.6. The summed E-state index contributed by atoms with van der Waals surface area (Å²) in [5.41, 5.74) is 10.4. The van der Waals surface area contributed by atoms with Crippen LogP contribution >= 0.6 is 0 Å². The Bertz CT molecular complexity index is 2890. The fourth-order valence-electron chi connectivity index (χ4n) is 8.10. The summed E-state index contributed by atoms with van der Waals surface area (Å²) in [4.78, 5) is 20.3. The van der Waals surface area contributed by atoms with Crippen LogP contribution in [0, 0.1) is 0 Å². The number of nitrogens with zero attached hydrogens (tertiary/aromatic N) is 4. The number of benzene rings is 7. The Labute approximate surface area is 308 Å². The third-order valence-electron chi connectivity index (χ3n) is 11.7. The van der Waals surface area contributed by atoms with Gasteiger partial charge >= 0.3 is 0 Å². The molecule has 5 nitrogen and oxygen atoms in total. The van der Waals surface area contributed by atoms with Gasteiger partial charge in [0.1, 0.15) is 5.52 Å². The highest BCUT2D eigenvalue weighted by molar-refractivity contribution is 6.18. The van der Waals surface area contributed by atoms with Crippen LogP contribution in [0.5, 0.6) is 0 Å². The van der Waals surface area contributed by atoms with Crippen LogP contribution in [0.4, 0.5) is 0 Å². The van der Waals surface area contributed by atoms with Crippen molar-refractivity contribution < 1.29 is 4.42 Å². The Kier molecular flexibility index (Phi) is 6.80. The van der Waals surface area contributed by atoms with Gasteiger partial charge in [-0.2, -0.15) is 0 Å². The van der Waals surface area contributed by atoms with E-state index in [9.17, 15) is 0 Å². The van der Waals surface area contributed by atoms with E-state index >= 15 is 0 Å². The molecule has 0 amide bonds. The van der Waals surface area contributed by atoms with Gasteiger partial charge in [0.05, 0.1) is 0 Å². The Hall–Kier alpha value is -6.46. The monoisotopic (exact) mass is 684 g/mol. The molecule has 0 bridgehead atoms. The summed E-state index contributed by atoms with van der Waals surface area (Å²) in [6.45, 7) is 9.42. The van der Waals surface area contributed by atoms with Crippen LogP contribution in [0.15, 0.2) is 150 Å². The number of aromatic nitrogens is 4. The SMILES string of the molecule is CC1(C)c2ccccc2-c2cc(-c3nc(-c4ccccc4)nc(-c4ccc5ccc6ccc7nc(-c8ccccc8)oc7c6c5c4)n3)ccc2C1(C)C. The van der Waals surface area contributed by atoms with Gasteiger partial charge in [0.15, 0.2) is 23.1 Å². The van der Waals surface area contributed by atoms with Crippen molar-refractivity contribution in [1.82, 2.24) is 19.9 Å². The van der Waals surface area contributed by atoms with Crippen molar-refractivity contribution in [2.75, 3.05) is 0 Å². The topological polar surface area (TPSA) is 64.7 Å². The van der Waals surface area contributed by atoms with Crippen molar-refractivity contribution in [2.45, 2.75) is 38.5 Å². The summed E-state index contributed by atoms with van der Waals surface area (Å²) in [6.07, 6.45) is 0. The van der Waals surface area contributed by atoms with E-state index in [0.29, 0.717) is 23.4 Å². The Morgan fingerprint density at radius 1 is 0.434 bits per heavy atom. The number of hydrogen-bond donors (Lipinski definition) is 0. The summed E-state index contributed by atoms with van der Waals surface area (Å²) in [5.74, 6) is 2.49. The van der Waals surface area contributed by atoms with Crippen LogP contribution in [0.2, 0.25) is 0 Å². The molecule has 0 aliphatic heterocycles. The zero-order valence-electron chi connectivity index (χ0n) is 30.1. The van der Waals surface area contributed by atoms with Gasteiger partial charge in [0.2, 0.25) is 5.89 Å². The van der Waals surface area contributed by atoms with Gasteiger partial charge in [0.25, 0.3) is 0 Å². The fraction of sp³-hybridized carbons (Fsp3) is 0.125. The van der Waals surface area contributed by atoms with Crippen LogP contribution in [-0.4, -0.2) is 19.9 Å². The molecule has 7 aromatic carbocycles. The average Bonchev–Trinajstić information content (AvgIpc) is 3.65. The fourth-order valence-corrected chi connectivity index (χ4v) is 8.10. The van der Waals surface area contributed by atoms with Crippen LogP contribution in [0.25, 0.3) is 89.4 Å². The lowest BCUT2D eigenvalue weighted by Crippen LogP contribution is -2.43. The maximum atomic E-state index is 6.52. The third kappa shape index (κ3) is 4.84. The standard InChI is InChI=1S/C48H36N4O/c1-47(2)38-18-12-11-17-35(38)37-28-34(23-25-39(37)48(47,3)4)45-51-43(31-13-7-5-8-14-31)50-44(52-45)33-22-20-29-19-21-30-24-26-40-42(41(30)36(29)27-33)53-46(49-40)32-15-9-6-10-16-32/h5-28H,1-4H3. The molecule has 9 aromatic rings. The second-order valence-electron chi connectivity index (χ2n) is 15.1. The highest BCUT2D eigenvalue weighted by atomic mass is 16.3. The second-order valence-corrected chi connectivity index (χ2v) is 15.1. The lowest BCUT2D eigenvalue weighted by atomic mass is 9.55. The van der Waals surface area contributed by atoms with Gasteiger partial charge in [-0.25, -0.2) is 19.9 Å². The smallest absolute Gasteiger partial charge is 0.227 e. The summed E-state index contributed by atoms with van der Waals surface area (Å²) >= 11 is 0. The van der Waals surface area contributed by atoms with Crippen molar-refractivity contribution in [3.63, 3.8) is 0 Å². The van der Waals surface area contributed by atoms with E-state index in [0.717, 1.165) is 54.9 Å². The molecule has 2 heterocycles. The summed E-state index contributed by atoms with van der Waals surface area (Å²) in [7, 11) is 0.